The second kappa shape index (κ2) is 10.4. The lowest BCUT2D eigenvalue weighted by Crippen LogP contribution is -2.47. The lowest BCUT2D eigenvalue weighted by Gasteiger charge is -2.40. The molecule has 168 valence electrons. The highest BCUT2D eigenvalue weighted by Gasteiger charge is 2.35. The Bertz CT molecular complexity index is 676. The van der Waals surface area contributed by atoms with Gasteiger partial charge in [0.25, 0.3) is 0 Å². The number of rotatable bonds is 5. The van der Waals surface area contributed by atoms with Gasteiger partial charge in [0.1, 0.15) is 5.82 Å². The van der Waals surface area contributed by atoms with Gasteiger partial charge in [-0.25, -0.2) is 4.98 Å². The van der Waals surface area contributed by atoms with Gasteiger partial charge in [0, 0.05) is 65.0 Å². The molecule has 1 aromatic rings. The fourth-order valence-corrected chi connectivity index (χ4v) is 4.39. The van der Waals surface area contributed by atoms with E-state index in [1.807, 2.05) is 13.2 Å². The van der Waals surface area contributed by atoms with Crippen molar-refractivity contribution in [2.45, 2.75) is 46.3 Å². The third-order valence-corrected chi connectivity index (χ3v) is 6.15. The molecule has 30 heavy (non-hydrogen) atoms. The quantitative estimate of drug-likeness (QED) is 0.567. The molecule has 0 amide bonds. The van der Waals surface area contributed by atoms with E-state index < -0.39 is 0 Å². The fourth-order valence-electron chi connectivity index (χ4n) is 4.39. The number of ether oxygens (including phenoxy) is 1. The van der Waals surface area contributed by atoms with E-state index in [9.17, 15) is 0 Å². The van der Waals surface area contributed by atoms with Gasteiger partial charge in [0.15, 0.2) is 5.96 Å². The van der Waals surface area contributed by atoms with E-state index in [4.69, 9.17) is 4.74 Å². The Morgan fingerprint density at radius 3 is 2.60 bits per heavy atom. The van der Waals surface area contributed by atoms with Gasteiger partial charge in [-0.05, 0) is 36.9 Å². The van der Waals surface area contributed by atoms with Crippen LogP contribution in [-0.2, 0) is 11.3 Å². The number of pyridine rings is 1. The molecule has 2 aliphatic heterocycles. The van der Waals surface area contributed by atoms with Crippen molar-refractivity contribution < 1.29 is 4.74 Å². The van der Waals surface area contributed by atoms with Gasteiger partial charge in [-0.1, -0.05) is 26.8 Å². The molecule has 3 rings (SSSR count). The molecule has 2 saturated heterocycles. The number of hydrogen-bond acceptors (Lipinski definition) is 5. The molecule has 0 saturated carbocycles. The molecule has 0 aromatic carbocycles. The highest BCUT2D eigenvalue weighted by Crippen LogP contribution is 2.33. The van der Waals surface area contributed by atoms with E-state index in [0.717, 1.165) is 63.1 Å². The zero-order chi connectivity index (χ0) is 21.6. The van der Waals surface area contributed by atoms with E-state index in [0.29, 0.717) is 12.5 Å². The lowest BCUT2D eigenvalue weighted by atomic mass is 9.78. The van der Waals surface area contributed by atoms with Crippen molar-refractivity contribution in [3.63, 3.8) is 0 Å². The molecule has 2 unspecified atom stereocenters. The molecule has 0 bridgehead atoms. The summed E-state index contributed by atoms with van der Waals surface area (Å²) in [5.74, 6) is 2.40. The first-order valence-electron chi connectivity index (χ1n) is 11.3. The number of aromatic nitrogens is 1. The Kier molecular flexibility index (Phi) is 7.94. The fraction of sp³-hybridized carbons (Fsp3) is 0.739. The number of hydrogen-bond donors (Lipinski definition) is 2. The summed E-state index contributed by atoms with van der Waals surface area (Å²) < 4.78 is 6.10. The minimum atomic E-state index is 0.154. The normalized spacial score (nSPS) is 24.0. The van der Waals surface area contributed by atoms with Gasteiger partial charge < -0.3 is 25.2 Å². The Labute approximate surface area is 182 Å². The van der Waals surface area contributed by atoms with Crippen LogP contribution in [0.5, 0.6) is 0 Å². The monoisotopic (exact) mass is 416 g/mol. The summed E-state index contributed by atoms with van der Waals surface area (Å²) in [6.45, 7) is 13.5. The average Bonchev–Trinajstić information content (AvgIpc) is 2.74. The molecule has 3 heterocycles. The summed E-state index contributed by atoms with van der Waals surface area (Å²) in [4.78, 5) is 13.8. The zero-order valence-electron chi connectivity index (χ0n) is 19.4. The summed E-state index contributed by atoms with van der Waals surface area (Å²) in [5, 5.41) is 6.93. The van der Waals surface area contributed by atoms with Crippen LogP contribution in [0, 0.1) is 11.3 Å². The number of nitrogens with zero attached hydrogens (tertiary/aromatic N) is 4. The second-order valence-corrected chi connectivity index (χ2v) is 9.68. The number of guanidine groups is 1. The highest BCUT2D eigenvalue weighted by atomic mass is 16.5. The molecule has 2 aliphatic rings. The molecular formula is C23H40N6O. The molecule has 0 aliphatic carbocycles. The number of aliphatic imine (C=N–C) groups is 1. The Hall–Kier alpha value is -1.86. The van der Waals surface area contributed by atoms with E-state index in [-0.39, 0.29) is 11.5 Å². The first-order chi connectivity index (χ1) is 14.4. The number of piperazine rings is 1. The van der Waals surface area contributed by atoms with Crippen molar-refractivity contribution in [2.75, 3.05) is 58.3 Å². The van der Waals surface area contributed by atoms with Crippen LogP contribution in [0.15, 0.2) is 23.3 Å². The molecule has 2 fully saturated rings. The van der Waals surface area contributed by atoms with E-state index in [2.05, 4.69) is 70.4 Å². The maximum Gasteiger partial charge on any atom is 0.191 e. The first-order valence-corrected chi connectivity index (χ1v) is 11.3. The number of anilines is 1. The molecule has 2 N–H and O–H groups in total. The van der Waals surface area contributed by atoms with Crippen LogP contribution >= 0.6 is 0 Å². The maximum atomic E-state index is 6.10. The maximum absolute atomic E-state index is 6.10. The van der Waals surface area contributed by atoms with Crippen molar-refractivity contribution in [1.29, 1.82) is 0 Å². The van der Waals surface area contributed by atoms with Gasteiger partial charge in [-0.2, -0.15) is 0 Å². The minimum Gasteiger partial charge on any atom is -0.377 e. The molecular weight excluding hydrogens is 376 g/mol. The summed E-state index contributed by atoms with van der Waals surface area (Å²) >= 11 is 0. The van der Waals surface area contributed by atoms with Crippen LogP contribution in [0.3, 0.4) is 0 Å². The van der Waals surface area contributed by atoms with Crippen LogP contribution in [0.25, 0.3) is 0 Å². The predicted octanol–water partition coefficient (Wildman–Crippen LogP) is 2.34. The highest BCUT2D eigenvalue weighted by molar-refractivity contribution is 5.79. The number of nitrogens with one attached hydrogen (secondary N) is 2. The molecule has 0 radical (unpaired) electrons. The van der Waals surface area contributed by atoms with Gasteiger partial charge >= 0.3 is 0 Å². The molecule has 7 nitrogen and oxygen atoms in total. The zero-order valence-corrected chi connectivity index (χ0v) is 19.4. The molecule has 2 atom stereocenters. The third-order valence-electron chi connectivity index (χ3n) is 6.15. The average molecular weight is 417 g/mol. The van der Waals surface area contributed by atoms with E-state index in [1.165, 1.54) is 6.42 Å². The van der Waals surface area contributed by atoms with E-state index in [1.54, 1.807) is 0 Å². The molecule has 7 heteroatoms. The second-order valence-electron chi connectivity index (χ2n) is 9.68. The largest absolute Gasteiger partial charge is 0.377 e. The van der Waals surface area contributed by atoms with Crippen LogP contribution in [0.1, 0.15) is 39.2 Å². The Morgan fingerprint density at radius 2 is 1.97 bits per heavy atom. The lowest BCUT2D eigenvalue weighted by molar-refractivity contribution is -0.0835. The van der Waals surface area contributed by atoms with Crippen LogP contribution in [-0.4, -0.2) is 75.4 Å². The topological polar surface area (TPSA) is 65.0 Å². The smallest absolute Gasteiger partial charge is 0.191 e. The van der Waals surface area contributed by atoms with Crippen molar-refractivity contribution in [1.82, 2.24) is 20.5 Å². The summed E-state index contributed by atoms with van der Waals surface area (Å²) in [6.07, 6.45) is 4.58. The van der Waals surface area contributed by atoms with Gasteiger partial charge in [-0.3, -0.25) is 4.99 Å². The van der Waals surface area contributed by atoms with E-state index >= 15 is 0 Å². The van der Waals surface area contributed by atoms with Gasteiger partial charge in [0.2, 0.25) is 0 Å². The predicted molar refractivity (Wildman–Crippen MR) is 124 cm³/mol. The van der Waals surface area contributed by atoms with Crippen molar-refractivity contribution in [2.24, 2.45) is 16.3 Å². The minimum absolute atomic E-state index is 0.154. The van der Waals surface area contributed by atoms with Gasteiger partial charge in [-0.15, -0.1) is 0 Å². The van der Waals surface area contributed by atoms with Crippen LogP contribution in [0.4, 0.5) is 5.82 Å². The Morgan fingerprint density at radius 1 is 1.20 bits per heavy atom. The van der Waals surface area contributed by atoms with Crippen LogP contribution < -0.4 is 15.5 Å². The van der Waals surface area contributed by atoms with Crippen molar-refractivity contribution in [3.8, 4) is 0 Å². The SMILES string of the molecule is CN=C(NCc1ccc(N2CCN(C)CC2)nc1)NCC1CCCOC1C(C)(C)C. The third kappa shape index (κ3) is 6.32. The summed E-state index contributed by atoms with van der Waals surface area (Å²) in [7, 11) is 3.99. The summed E-state index contributed by atoms with van der Waals surface area (Å²) in [6, 6.07) is 4.29. The molecule has 1 aromatic heterocycles. The Balaban J connectivity index is 1.47. The van der Waals surface area contributed by atoms with Gasteiger partial charge in [0.05, 0.1) is 6.10 Å². The summed E-state index contributed by atoms with van der Waals surface area (Å²) in [5.41, 5.74) is 1.31. The van der Waals surface area contributed by atoms with Crippen molar-refractivity contribution in [3.05, 3.63) is 23.9 Å². The van der Waals surface area contributed by atoms with Crippen molar-refractivity contribution >= 4 is 11.8 Å². The number of likely N-dealkylation sites (N-methyl/N-ethyl adjacent to an activating group) is 1. The van der Waals surface area contributed by atoms with Crippen LogP contribution in [0.2, 0.25) is 0 Å². The first kappa shape index (κ1) is 22.8. The standard InChI is InChI=1S/C23H40N6O/c1-23(2,3)21-19(7-6-14-30-21)17-27-22(24-4)26-16-18-8-9-20(25-15-18)29-12-10-28(5)11-13-29/h8-9,15,19,21H,6-7,10-14,16-17H2,1-5H3,(H2,24,26,27). The molecule has 0 spiro atoms.